The molecule has 0 aliphatic rings. The highest BCUT2D eigenvalue weighted by Gasteiger charge is 2.13. The minimum absolute atomic E-state index is 0.0640. The van der Waals surface area contributed by atoms with Crippen LogP contribution >= 0.6 is 27.3 Å². The number of rotatable bonds is 4. The number of methoxy groups -OCH3 is 2. The van der Waals surface area contributed by atoms with E-state index in [2.05, 4.69) is 25.7 Å². The van der Waals surface area contributed by atoms with Gasteiger partial charge >= 0.3 is 11.9 Å². The van der Waals surface area contributed by atoms with E-state index in [1.165, 1.54) is 49.8 Å². The molecule has 0 radical (unpaired) electrons. The molecule has 0 unspecified atom stereocenters. The summed E-state index contributed by atoms with van der Waals surface area (Å²) in [6.45, 7) is -0.0640. The number of benzene rings is 2. The van der Waals surface area contributed by atoms with E-state index in [9.17, 15) is 14.4 Å². The van der Waals surface area contributed by atoms with Gasteiger partial charge in [0.1, 0.15) is 6.54 Å². The summed E-state index contributed by atoms with van der Waals surface area (Å²) in [5, 5.41) is 0. The lowest BCUT2D eigenvalue weighted by molar-refractivity contribution is -0.141. The lowest BCUT2D eigenvalue weighted by Gasteiger charge is -2.04. The van der Waals surface area contributed by atoms with Crippen LogP contribution in [0, 0.1) is 0 Å². The second-order valence-electron chi connectivity index (χ2n) is 5.64. The summed E-state index contributed by atoms with van der Waals surface area (Å²) in [6, 6.07) is 11.6. The smallest absolute Gasteiger partial charge is 0.337 e. The predicted octanol–water partition coefficient (Wildman–Crippen LogP) is 3.17. The molecule has 2 aromatic carbocycles. The molecule has 3 rings (SSSR count). The lowest BCUT2D eigenvalue weighted by atomic mass is 10.1. The molecule has 0 saturated carbocycles. The number of fused-ring (bicyclic) bond motifs is 1. The Morgan fingerprint density at radius 3 is 2.36 bits per heavy atom. The fraction of sp³-hybridized carbons (Fsp3) is 0.158. The van der Waals surface area contributed by atoms with E-state index in [-0.39, 0.29) is 6.54 Å². The molecule has 0 aliphatic heterocycles. The molecule has 0 fully saturated rings. The largest absolute Gasteiger partial charge is 0.468 e. The van der Waals surface area contributed by atoms with Crippen LogP contribution in [0.4, 0.5) is 0 Å². The van der Waals surface area contributed by atoms with Crippen molar-refractivity contribution in [1.82, 2.24) is 4.57 Å². The number of hydrogen-bond donors (Lipinski definition) is 0. The van der Waals surface area contributed by atoms with Crippen LogP contribution in [-0.2, 0) is 20.8 Å². The first-order chi connectivity index (χ1) is 13.4. The van der Waals surface area contributed by atoms with Crippen molar-refractivity contribution in [2.75, 3.05) is 14.2 Å². The predicted molar refractivity (Wildman–Crippen MR) is 107 cm³/mol. The second-order valence-corrected chi connectivity index (χ2v) is 7.57. The number of thiazole rings is 1. The minimum Gasteiger partial charge on any atom is -0.468 e. The van der Waals surface area contributed by atoms with Gasteiger partial charge in [0.2, 0.25) is 0 Å². The Balaban J connectivity index is 2.04. The molecule has 0 N–H and O–H groups in total. The Kier molecular flexibility index (Phi) is 6.05. The maximum atomic E-state index is 12.6. The van der Waals surface area contributed by atoms with Crippen molar-refractivity contribution in [2.45, 2.75) is 6.54 Å². The van der Waals surface area contributed by atoms with Gasteiger partial charge in [0, 0.05) is 10.0 Å². The average Bonchev–Trinajstić information content (AvgIpc) is 3.03. The SMILES string of the molecule is COC(=O)Cn1c(=NC(=O)c2ccc(C(=O)OC)cc2)sc2cc(Br)ccc21. The van der Waals surface area contributed by atoms with Gasteiger partial charge < -0.3 is 14.0 Å². The zero-order valence-electron chi connectivity index (χ0n) is 15.0. The van der Waals surface area contributed by atoms with Crippen molar-refractivity contribution in [1.29, 1.82) is 0 Å². The van der Waals surface area contributed by atoms with Crippen LogP contribution in [-0.4, -0.2) is 36.6 Å². The first kappa shape index (κ1) is 20.0. The summed E-state index contributed by atoms with van der Waals surface area (Å²) in [5.41, 5.74) is 1.42. The van der Waals surface area contributed by atoms with Crippen LogP contribution in [0.15, 0.2) is 51.9 Å². The molecule has 0 spiro atoms. The molecule has 3 aromatic rings. The summed E-state index contributed by atoms with van der Waals surface area (Å²) in [6.07, 6.45) is 0. The zero-order chi connectivity index (χ0) is 20.3. The first-order valence-electron chi connectivity index (χ1n) is 8.06. The Bertz CT molecular complexity index is 1130. The lowest BCUT2D eigenvalue weighted by Crippen LogP contribution is -2.22. The normalized spacial score (nSPS) is 11.5. The fourth-order valence-corrected chi connectivity index (χ4v) is 4.08. The van der Waals surface area contributed by atoms with Gasteiger partial charge in [0.15, 0.2) is 4.80 Å². The monoisotopic (exact) mass is 462 g/mol. The van der Waals surface area contributed by atoms with Crippen LogP contribution in [0.25, 0.3) is 10.2 Å². The van der Waals surface area contributed by atoms with Gasteiger partial charge in [0.05, 0.1) is 30.0 Å². The first-order valence-corrected chi connectivity index (χ1v) is 9.67. The van der Waals surface area contributed by atoms with Crippen molar-refractivity contribution in [3.63, 3.8) is 0 Å². The Morgan fingerprint density at radius 2 is 1.71 bits per heavy atom. The summed E-state index contributed by atoms with van der Waals surface area (Å²) >= 11 is 4.70. The third kappa shape index (κ3) is 4.20. The van der Waals surface area contributed by atoms with Crippen LogP contribution < -0.4 is 4.80 Å². The second kappa shape index (κ2) is 8.49. The van der Waals surface area contributed by atoms with Crippen molar-refractivity contribution in [2.24, 2.45) is 4.99 Å². The molecule has 0 aliphatic carbocycles. The van der Waals surface area contributed by atoms with Gasteiger partial charge in [-0.15, -0.1) is 0 Å². The summed E-state index contributed by atoms with van der Waals surface area (Å²) in [7, 11) is 2.59. The van der Waals surface area contributed by atoms with Crippen LogP contribution in [0.2, 0.25) is 0 Å². The third-order valence-electron chi connectivity index (χ3n) is 3.91. The van der Waals surface area contributed by atoms with Crippen LogP contribution in [0.3, 0.4) is 0 Å². The Hall–Kier alpha value is -2.78. The molecular weight excluding hydrogens is 448 g/mol. The topological polar surface area (TPSA) is 87.0 Å². The quantitative estimate of drug-likeness (QED) is 0.555. The number of hydrogen-bond acceptors (Lipinski definition) is 6. The van der Waals surface area contributed by atoms with E-state index < -0.39 is 17.8 Å². The van der Waals surface area contributed by atoms with E-state index in [1.54, 1.807) is 4.57 Å². The number of nitrogens with zero attached hydrogens (tertiary/aromatic N) is 2. The van der Waals surface area contributed by atoms with E-state index >= 15 is 0 Å². The van der Waals surface area contributed by atoms with Crippen molar-refractivity contribution in [3.8, 4) is 0 Å². The third-order valence-corrected chi connectivity index (χ3v) is 5.44. The average molecular weight is 463 g/mol. The van der Waals surface area contributed by atoms with Gasteiger partial charge in [-0.2, -0.15) is 4.99 Å². The standard InChI is InChI=1S/C19H15BrN2O5S/c1-26-16(23)10-22-14-8-7-13(20)9-15(14)28-19(22)21-17(24)11-3-5-12(6-4-11)18(25)27-2/h3-9H,10H2,1-2H3. The van der Waals surface area contributed by atoms with Crippen molar-refractivity contribution >= 4 is 55.3 Å². The van der Waals surface area contributed by atoms with E-state index in [4.69, 9.17) is 4.74 Å². The molecule has 1 amide bonds. The molecule has 1 aromatic heterocycles. The number of carbonyl (C=O) groups is 3. The molecule has 0 atom stereocenters. The van der Waals surface area contributed by atoms with Gasteiger partial charge in [0.25, 0.3) is 5.91 Å². The van der Waals surface area contributed by atoms with Gasteiger partial charge in [-0.25, -0.2) is 4.79 Å². The molecule has 0 bridgehead atoms. The molecule has 1 heterocycles. The number of aromatic nitrogens is 1. The summed E-state index contributed by atoms with van der Waals surface area (Å²) < 4.78 is 12.8. The highest BCUT2D eigenvalue weighted by molar-refractivity contribution is 9.10. The van der Waals surface area contributed by atoms with E-state index in [1.807, 2.05) is 18.2 Å². The van der Waals surface area contributed by atoms with Crippen molar-refractivity contribution in [3.05, 3.63) is 62.9 Å². The van der Waals surface area contributed by atoms with E-state index in [0.29, 0.717) is 15.9 Å². The maximum Gasteiger partial charge on any atom is 0.337 e. The van der Waals surface area contributed by atoms with Gasteiger partial charge in [-0.05, 0) is 42.5 Å². The van der Waals surface area contributed by atoms with Crippen molar-refractivity contribution < 1.29 is 23.9 Å². The number of carbonyl (C=O) groups excluding carboxylic acids is 3. The number of esters is 2. The Morgan fingerprint density at radius 1 is 1.04 bits per heavy atom. The molecule has 0 saturated heterocycles. The number of amides is 1. The molecule has 144 valence electrons. The Labute approximate surface area is 172 Å². The number of halogens is 1. The molecular formula is C19H15BrN2O5S. The highest BCUT2D eigenvalue weighted by atomic mass is 79.9. The molecule has 9 heteroatoms. The fourth-order valence-electron chi connectivity index (χ4n) is 2.50. The summed E-state index contributed by atoms with van der Waals surface area (Å²) in [4.78, 5) is 40.5. The van der Waals surface area contributed by atoms with Gasteiger partial charge in [-0.3, -0.25) is 9.59 Å². The van der Waals surface area contributed by atoms with E-state index in [0.717, 1.165) is 14.7 Å². The summed E-state index contributed by atoms with van der Waals surface area (Å²) in [5.74, 6) is -1.42. The molecule has 7 nitrogen and oxygen atoms in total. The van der Waals surface area contributed by atoms with Crippen LogP contribution in [0.5, 0.6) is 0 Å². The van der Waals surface area contributed by atoms with Gasteiger partial charge in [-0.1, -0.05) is 27.3 Å². The number of ether oxygens (including phenoxy) is 2. The minimum atomic E-state index is -0.486. The zero-order valence-corrected chi connectivity index (χ0v) is 17.4. The molecule has 28 heavy (non-hydrogen) atoms. The maximum absolute atomic E-state index is 12.6. The van der Waals surface area contributed by atoms with Crippen LogP contribution in [0.1, 0.15) is 20.7 Å². The highest BCUT2D eigenvalue weighted by Crippen LogP contribution is 2.22.